The SMILES string of the molecule is CCC1CCC2(CC1)NC(=O)N(CC(=O)N1CCCC1CNC)C2=O. The number of amides is 4. The molecule has 2 N–H and O–H groups in total. The monoisotopic (exact) mass is 350 g/mol. The van der Waals surface area contributed by atoms with Gasteiger partial charge in [0.25, 0.3) is 5.91 Å². The molecule has 3 rings (SSSR count). The van der Waals surface area contributed by atoms with Gasteiger partial charge in [-0.3, -0.25) is 14.5 Å². The Morgan fingerprint density at radius 3 is 2.64 bits per heavy atom. The molecule has 0 aromatic carbocycles. The second kappa shape index (κ2) is 7.32. The molecule has 2 saturated heterocycles. The standard InChI is InChI=1S/C18H30N4O3/c1-3-13-6-8-18(9-7-13)16(24)22(17(25)20-18)12-15(23)21-10-4-5-14(21)11-19-2/h13-14,19H,3-12H2,1-2H3,(H,20,25). The van der Waals surface area contributed by atoms with Crippen LogP contribution in [0.4, 0.5) is 4.79 Å². The lowest BCUT2D eigenvalue weighted by atomic mass is 9.75. The first kappa shape index (κ1) is 18.2. The third-order valence-corrected chi connectivity index (χ3v) is 6.21. The van der Waals surface area contributed by atoms with E-state index >= 15 is 0 Å². The van der Waals surface area contributed by atoms with E-state index < -0.39 is 11.6 Å². The van der Waals surface area contributed by atoms with Gasteiger partial charge in [0.2, 0.25) is 5.91 Å². The van der Waals surface area contributed by atoms with Crippen molar-refractivity contribution in [3.63, 3.8) is 0 Å². The highest BCUT2D eigenvalue weighted by molar-refractivity contribution is 6.09. The van der Waals surface area contributed by atoms with Crippen molar-refractivity contribution in [2.75, 3.05) is 26.7 Å². The Morgan fingerprint density at radius 1 is 1.28 bits per heavy atom. The average Bonchev–Trinajstić information content (AvgIpc) is 3.15. The van der Waals surface area contributed by atoms with Crippen molar-refractivity contribution in [3.8, 4) is 0 Å². The Hall–Kier alpha value is -1.63. The normalized spacial score (nSPS) is 32.6. The number of carbonyl (C=O) groups is 3. The number of nitrogens with one attached hydrogen (secondary N) is 2. The van der Waals surface area contributed by atoms with Crippen LogP contribution in [0.5, 0.6) is 0 Å². The fourth-order valence-electron chi connectivity index (χ4n) is 4.58. The van der Waals surface area contributed by atoms with Crippen LogP contribution in [-0.2, 0) is 9.59 Å². The van der Waals surface area contributed by atoms with Crippen LogP contribution in [0.25, 0.3) is 0 Å². The lowest BCUT2D eigenvalue weighted by Gasteiger charge is -2.34. The molecule has 0 aromatic heterocycles. The quantitative estimate of drug-likeness (QED) is 0.727. The average molecular weight is 350 g/mol. The van der Waals surface area contributed by atoms with Gasteiger partial charge in [0.05, 0.1) is 0 Å². The summed E-state index contributed by atoms with van der Waals surface area (Å²) in [5, 5.41) is 6.01. The zero-order valence-electron chi connectivity index (χ0n) is 15.3. The summed E-state index contributed by atoms with van der Waals surface area (Å²) in [5.74, 6) is 0.309. The van der Waals surface area contributed by atoms with Crippen LogP contribution >= 0.6 is 0 Å². The van der Waals surface area contributed by atoms with Gasteiger partial charge in [0.15, 0.2) is 0 Å². The molecular formula is C18H30N4O3. The predicted molar refractivity (Wildman–Crippen MR) is 93.9 cm³/mol. The topological polar surface area (TPSA) is 81.8 Å². The molecule has 1 aliphatic carbocycles. The summed E-state index contributed by atoms with van der Waals surface area (Å²) >= 11 is 0. The van der Waals surface area contributed by atoms with E-state index in [4.69, 9.17) is 0 Å². The highest BCUT2D eigenvalue weighted by Crippen LogP contribution is 2.37. The molecule has 7 heteroatoms. The van der Waals surface area contributed by atoms with Gasteiger partial charge in [-0.15, -0.1) is 0 Å². The van der Waals surface area contributed by atoms with Crippen LogP contribution in [0.15, 0.2) is 0 Å². The van der Waals surface area contributed by atoms with Gasteiger partial charge in [0.1, 0.15) is 12.1 Å². The first-order valence-corrected chi connectivity index (χ1v) is 9.59. The number of imide groups is 1. The van der Waals surface area contributed by atoms with Gasteiger partial charge in [0, 0.05) is 19.1 Å². The summed E-state index contributed by atoms with van der Waals surface area (Å²) in [6, 6.07) is -0.245. The summed E-state index contributed by atoms with van der Waals surface area (Å²) in [4.78, 5) is 40.9. The summed E-state index contributed by atoms with van der Waals surface area (Å²) in [6.45, 7) is 3.48. The summed E-state index contributed by atoms with van der Waals surface area (Å²) in [5.41, 5.74) is -0.765. The Kier molecular flexibility index (Phi) is 5.32. The van der Waals surface area contributed by atoms with Crippen LogP contribution in [0.3, 0.4) is 0 Å². The number of urea groups is 1. The van der Waals surface area contributed by atoms with Crippen molar-refractivity contribution < 1.29 is 14.4 Å². The van der Waals surface area contributed by atoms with Crippen molar-refractivity contribution in [3.05, 3.63) is 0 Å². The maximum Gasteiger partial charge on any atom is 0.325 e. The Morgan fingerprint density at radius 2 is 2.00 bits per heavy atom. The van der Waals surface area contributed by atoms with Crippen LogP contribution < -0.4 is 10.6 Å². The van der Waals surface area contributed by atoms with Gasteiger partial charge in [-0.25, -0.2) is 4.79 Å². The zero-order valence-corrected chi connectivity index (χ0v) is 15.3. The summed E-state index contributed by atoms with van der Waals surface area (Å²) in [6.07, 6.45) is 6.35. The fraction of sp³-hybridized carbons (Fsp3) is 0.833. The number of carbonyl (C=O) groups excluding carboxylic acids is 3. The number of hydrogen-bond donors (Lipinski definition) is 2. The van der Waals surface area contributed by atoms with Crippen LogP contribution in [0, 0.1) is 5.92 Å². The largest absolute Gasteiger partial charge is 0.337 e. The van der Waals surface area contributed by atoms with Gasteiger partial charge < -0.3 is 15.5 Å². The number of rotatable bonds is 5. The number of likely N-dealkylation sites (N-methyl/N-ethyl adjacent to an activating group) is 1. The number of hydrogen-bond acceptors (Lipinski definition) is 4. The van der Waals surface area contributed by atoms with E-state index in [0.717, 1.165) is 43.5 Å². The number of likely N-dealkylation sites (tertiary alicyclic amines) is 1. The third-order valence-electron chi connectivity index (χ3n) is 6.21. The van der Waals surface area contributed by atoms with E-state index in [9.17, 15) is 14.4 Å². The minimum absolute atomic E-state index is 0.124. The highest BCUT2D eigenvalue weighted by Gasteiger charge is 2.52. The van der Waals surface area contributed by atoms with Gasteiger partial charge in [-0.1, -0.05) is 13.3 Å². The fourth-order valence-corrected chi connectivity index (χ4v) is 4.58. The first-order valence-electron chi connectivity index (χ1n) is 9.59. The van der Waals surface area contributed by atoms with Gasteiger partial charge in [-0.2, -0.15) is 0 Å². The van der Waals surface area contributed by atoms with Crippen molar-refractivity contribution in [2.24, 2.45) is 5.92 Å². The second-order valence-electron chi connectivity index (χ2n) is 7.70. The Balaban J connectivity index is 1.64. The summed E-state index contributed by atoms with van der Waals surface area (Å²) < 4.78 is 0. The van der Waals surface area contributed by atoms with E-state index in [1.54, 1.807) is 0 Å². The molecule has 140 valence electrons. The molecule has 1 saturated carbocycles. The molecule has 1 unspecified atom stereocenters. The van der Waals surface area contributed by atoms with Gasteiger partial charge >= 0.3 is 6.03 Å². The third kappa shape index (κ3) is 3.38. The molecule has 2 heterocycles. The van der Waals surface area contributed by atoms with Crippen molar-refractivity contribution in [1.82, 2.24) is 20.4 Å². The predicted octanol–water partition coefficient (Wildman–Crippen LogP) is 1.09. The molecule has 3 fully saturated rings. The molecule has 25 heavy (non-hydrogen) atoms. The van der Waals surface area contributed by atoms with Crippen LogP contribution in [-0.4, -0.2) is 65.9 Å². The molecule has 2 aliphatic heterocycles. The highest BCUT2D eigenvalue weighted by atomic mass is 16.2. The minimum Gasteiger partial charge on any atom is -0.337 e. The minimum atomic E-state index is -0.765. The molecule has 1 atom stereocenters. The lowest BCUT2D eigenvalue weighted by molar-refractivity contribution is -0.140. The maximum atomic E-state index is 12.9. The molecule has 4 amide bonds. The molecule has 0 bridgehead atoms. The molecule has 1 spiro atoms. The maximum absolute atomic E-state index is 12.9. The molecule has 3 aliphatic rings. The molecule has 0 radical (unpaired) electrons. The van der Waals surface area contributed by atoms with E-state index in [-0.39, 0.29) is 24.4 Å². The van der Waals surface area contributed by atoms with Crippen LogP contribution in [0.1, 0.15) is 51.9 Å². The molecule has 7 nitrogen and oxygen atoms in total. The van der Waals surface area contributed by atoms with Crippen molar-refractivity contribution in [2.45, 2.75) is 63.5 Å². The van der Waals surface area contributed by atoms with E-state index in [1.807, 2.05) is 11.9 Å². The van der Waals surface area contributed by atoms with Gasteiger partial charge in [-0.05, 0) is 51.5 Å². The second-order valence-corrected chi connectivity index (χ2v) is 7.70. The van der Waals surface area contributed by atoms with E-state index in [2.05, 4.69) is 17.6 Å². The summed E-state index contributed by atoms with van der Waals surface area (Å²) in [7, 11) is 1.87. The Labute approximate surface area is 149 Å². The number of nitrogens with zero attached hydrogens (tertiary/aromatic N) is 2. The lowest BCUT2D eigenvalue weighted by Crippen LogP contribution is -2.50. The van der Waals surface area contributed by atoms with E-state index in [1.165, 1.54) is 0 Å². The van der Waals surface area contributed by atoms with Crippen molar-refractivity contribution >= 4 is 17.8 Å². The van der Waals surface area contributed by atoms with E-state index in [0.29, 0.717) is 25.3 Å². The molecular weight excluding hydrogens is 320 g/mol. The molecule has 0 aromatic rings. The Bertz CT molecular complexity index is 542. The van der Waals surface area contributed by atoms with Crippen LogP contribution in [0.2, 0.25) is 0 Å². The van der Waals surface area contributed by atoms with Crippen molar-refractivity contribution in [1.29, 1.82) is 0 Å². The first-order chi connectivity index (χ1) is 12.0. The smallest absolute Gasteiger partial charge is 0.325 e. The zero-order chi connectivity index (χ0) is 18.0.